The maximum Gasteiger partial charge on any atom is 0.322 e. The first kappa shape index (κ1) is 16.2. The molecule has 0 aromatic heterocycles. The quantitative estimate of drug-likeness (QED) is 0.630. The first-order valence-electron chi connectivity index (χ1n) is 6.59. The van der Waals surface area contributed by atoms with Gasteiger partial charge in [-0.25, -0.2) is 17.9 Å². The summed E-state index contributed by atoms with van der Waals surface area (Å²) in [6.07, 6.45) is 0.158. The summed E-state index contributed by atoms with van der Waals surface area (Å²) >= 11 is 0. The van der Waals surface area contributed by atoms with Crippen LogP contribution >= 0.6 is 0 Å². The molecular formula is C13H17N3O5S. The Hall–Kier alpha value is -2.13. The molecular weight excluding hydrogens is 310 g/mol. The summed E-state index contributed by atoms with van der Waals surface area (Å²) in [6.45, 7) is 1.79. The van der Waals surface area contributed by atoms with E-state index in [2.05, 4.69) is 15.4 Å². The molecule has 1 aliphatic rings. The number of nitrogens with one attached hydrogen (secondary N) is 3. The van der Waals surface area contributed by atoms with Gasteiger partial charge in [-0.05, 0) is 31.0 Å². The highest BCUT2D eigenvalue weighted by Gasteiger charge is 2.29. The SMILES string of the molecule is COc1ccc(C)cc1S(=O)(=O)NCCC1NC(=O)NC1=O. The summed E-state index contributed by atoms with van der Waals surface area (Å²) in [5, 5.41) is 4.49. The van der Waals surface area contributed by atoms with Crippen LogP contribution < -0.4 is 20.1 Å². The lowest BCUT2D eigenvalue weighted by atomic mass is 10.2. The predicted octanol–water partition coefficient (Wildman–Crippen LogP) is -0.120. The van der Waals surface area contributed by atoms with Crippen molar-refractivity contribution in [3.63, 3.8) is 0 Å². The van der Waals surface area contributed by atoms with Crippen molar-refractivity contribution in [2.75, 3.05) is 13.7 Å². The topological polar surface area (TPSA) is 114 Å². The normalized spacial score (nSPS) is 18.0. The van der Waals surface area contributed by atoms with E-state index in [1.807, 2.05) is 0 Å². The molecule has 2 rings (SSSR count). The van der Waals surface area contributed by atoms with Crippen LogP contribution in [0.1, 0.15) is 12.0 Å². The first-order valence-corrected chi connectivity index (χ1v) is 8.07. The number of hydrogen-bond donors (Lipinski definition) is 3. The number of amides is 3. The molecule has 0 aliphatic carbocycles. The van der Waals surface area contributed by atoms with Crippen molar-refractivity contribution in [1.29, 1.82) is 0 Å². The van der Waals surface area contributed by atoms with E-state index in [4.69, 9.17) is 4.74 Å². The van der Waals surface area contributed by atoms with Gasteiger partial charge in [0.25, 0.3) is 5.91 Å². The minimum absolute atomic E-state index is 0.0117. The molecule has 1 atom stereocenters. The summed E-state index contributed by atoms with van der Waals surface area (Å²) in [4.78, 5) is 22.4. The molecule has 1 saturated heterocycles. The third kappa shape index (κ3) is 3.55. The van der Waals surface area contributed by atoms with Crippen LogP contribution in [0.15, 0.2) is 23.1 Å². The number of urea groups is 1. The monoisotopic (exact) mass is 327 g/mol. The molecule has 120 valence electrons. The second-order valence-corrected chi connectivity index (χ2v) is 6.59. The van der Waals surface area contributed by atoms with Crippen LogP contribution in [0.4, 0.5) is 4.79 Å². The molecule has 1 aromatic carbocycles. The van der Waals surface area contributed by atoms with E-state index in [9.17, 15) is 18.0 Å². The number of imide groups is 1. The molecule has 1 aliphatic heterocycles. The molecule has 0 spiro atoms. The lowest BCUT2D eigenvalue weighted by molar-refractivity contribution is -0.120. The molecule has 1 unspecified atom stereocenters. The smallest absolute Gasteiger partial charge is 0.322 e. The van der Waals surface area contributed by atoms with E-state index in [0.29, 0.717) is 0 Å². The molecule has 3 amide bonds. The van der Waals surface area contributed by atoms with E-state index in [1.165, 1.54) is 13.2 Å². The summed E-state index contributed by atoms with van der Waals surface area (Å²) in [5.74, 6) is -0.220. The number of aryl methyl sites for hydroxylation is 1. The second-order valence-electron chi connectivity index (χ2n) is 4.86. The number of sulfonamides is 1. The van der Waals surface area contributed by atoms with Crippen molar-refractivity contribution in [3.8, 4) is 5.75 Å². The highest BCUT2D eigenvalue weighted by atomic mass is 32.2. The summed E-state index contributed by atoms with van der Waals surface area (Å²) in [5.41, 5.74) is 0.781. The van der Waals surface area contributed by atoms with Gasteiger partial charge in [0.1, 0.15) is 16.7 Å². The molecule has 8 nitrogen and oxygen atoms in total. The lowest BCUT2D eigenvalue weighted by Crippen LogP contribution is -2.34. The molecule has 0 bridgehead atoms. The zero-order chi connectivity index (χ0) is 16.3. The van der Waals surface area contributed by atoms with Crippen LogP contribution in [0.3, 0.4) is 0 Å². The van der Waals surface area contributed by atoms with Crippen LogP contribution in [0, 0.1) is 6.92 Å². The number of ether oxygens (including phenoxy) is 1. The third-order valence-electron chi connectivity index (χ3n) is 3.19. The van der Waals surface area contributed by atoms with Gasteiger partial charge in [-0.3, -0.25) is 10.1 Å². The van der Waals surface area contributed by atoms with Crippen molar-refractivity contribution in [3.05, 3.63) is 23.8 Å². The van der Waals surface area contributed by atoms with E-state index in [-0.39, 0.29) is 23.6 Å². The molecule has 1 heterocycles. The summed E-state index contributed by atoms with van der Waals surface area (Å²) in [6, 6.07) is 3.53. The highest BCUT2D eigenvalue weighted by molar-refractivity contribution is 7.89. The van der Waals surface area contributed by atoms with Crippen LogP contribution in [-0.2, 0) is 14.8 Å². The van der Waals surface area contributed by atoms with Gasteiger partial charge < -0.3 is 10.1 Å². The van der Waals surface area contributed by atoms with Gasteiger partial charge >= 0.3 is 6.03 Å². The van der Waals surface area contributed by atoms with Crippen LogP contribution in [0.25, 0.3) is 0 Å². The average molecular weight is 327 g/mol. The minimum atomic E-state index is -3.77. The van der Waals surface area contributed by atoms with Crippen molar-refractivity contribution in [1.82, 2.24) is 15.4 Å². The van der Waals surface area contributed by atoms with Crippen molar-refractivity contribution in [2.24, 2.45) is 0 Å². The van der Waals surface area contributed by atoms with Crippen LogP contribution in [0.2, 0.25) is 0 Å². The number of methoxy groups -OCH3 is 1. The van der Waals surface area contributed by atoms with Crippen molar-refractivity contribution < 1.29 is 22.7 Å². The van der Waals surface area contributed by atoms with Gasteiger partial charge in [0.15, 0.2) is 0 Å². The predicted molar refractivity (Wildman–Crippen MR) is 78.0 cm³/mol. The Balaban J connectivity index is 2.04. The number of carbonyl (C=O) groups excluding carboxylic acids is 2. The number of benzene rings is 1. The van der Waals surface area contributed by atoms with Crippen LogP contribution in [-0.4, -0.2) is 40.1 Å². The first-order chi connectivity index (χ1) is 10.3. The second kappa shape index (κ2) is 6.32. The van der Waals surface area contributed by atoms with E-state index >= 15 is 0 Å². The standard InChI is InChI=1S/C13H17N3O5S/c1-8-3-4-10(21-2)11(7-8)22(19,20)14-6-5-9-12(17)16-13(18)15-9/h3-4,7,9,14H,5-6H2,1-2H3,(H2,15,16,17,18). The fraction of sp³-hybridized carbons (Fsp3) is 0.385. The fourth-order valence-corrected chi connectivity index (χ4v) is 3.37. The van der Waals surface area contributed by atoms with Crippen LogP contribution in [0.5, 0.6) is 5.75 Å². The summed E-state index contributed by atoms with van der Waals surface area (Å²) in [7, 11) is -2.38. The zero-order valence-corrected chi connectivity index (χ0v) is 13.0. The minimum Gasteiger partial charge on any atom is -0.495 e. The molecule has 0 saturated carbocycles. The molecule has 1 aromatic rings. The Morgan fingerprint density at radius 3 is 2.64 bits per heavy atom. The molecule has 22 heavy (non-hydrogen) atoms. The maximum absolute atomic E-state index is 12.3. The van der Waals surface area contributed by atoms with E-state index in [0.717, 1.165) is 5.56 Å². The van der Waals surface area contributed by atoms with Gasteiger partial charge in [0, 0.05) is 6.54 Å². The largest absolute Gasteiger partial charge is 0.495 e. The van der Waals surface area contributed by atoms with Gasteiger partial charge in [0.05, 0.1) is 7.11 Å². The van der Waals surface area contributed by atoms with Crippen molar-refractivity contribution >= 4 is 22.0 Å². The van der Waals surface area contributed by atoms with E-state index < -0.39 is 28.0 Å². The highest BCUT2D eigenvalue weighted by Crippen LogP contribution is 2.24. The van der Waals surface area contributed by atoms with E-state index in [1.54, 1.807) is 19.1 Å². The molecule has 1 fully saturated rings. The summed E-state index contributed by atoms with van der Waals surface area (Å²) < 4.78 is 32.1. The average Bonchev–Trinajstić information content (AvgIpc) is 2.77. The molecule has 3 N–H and O–H groups in total. The van der Waals surface area contributed by atoms with Gasteiger partial charge in [-0.1, -0.05) is 6.07 Å². The van der Waals surface area contributed by atoms with Crippen molar-refractivity contribution in [2.45, 2.75) is 24.3 Å². The van der Waals surface area contributed by atoms with Gasteiger partial charge in [0.2, 0.25) is 10.0 Å². The zero-order valence-electron chi connectivity index (χ0n) is 12.2. The van der Waals surface area contributed by atoms with Gasteiger partial charge in [-0.2, -0.15) is 0 Å². The Morgan fingerprint density at radius 1 is 1.32 bits per heavy atom. The van der Waals surface area contributed by atoms with Gasteiger partial charge in [-0.15, -0.1) is 0 Å². The Labute approximate surface area is 128 Å². The Bertz CT molecular complexity index is 702. The number of rotatable bonds is 6. The maximum atomic E-state index is 12.3. The fourth-order valence-electron chi connectivity index (χ4n) is 2.07. The Kier molecular flexibility index (Phi) is 4.67. The lowest BCUT2D eigenvalue weighted by Gasteiger charge is -2.12. The molecule has 9 heteroatoms. The Morgan fingerprint density at radius 2 is 2.05 bits per heavy atom. The number of hydrogen-bond acceptors (Lipinski definition) is 5. The molecule has 0 radical (unpaired) electrons. The number of carbonyl (C=O) groups is 2. The third-order valence-corrected chi connectivity index (χ3v) is 4.67.